The first-order valence-electron chi connectivity index (χ1n) is 6.87. The van der Waals surface area contributed by atoms with Crippen LogP contribution in [0.3, 0.4) is 0 Å². The van der Waals surface area contributed by atoms with Gasteiger partial charge in [-0.05, 0) is 20.8 Å². The monoisotopic (exact) mass is 284 g/mol. The molecule has 1 rings (SSSR count). The van der Waals surface area contributed by atoms with E-state index in [9.17, 15) is 14.4 Å². The summed E-state index contributed by atoms with van der Waals surface area (Å²) in [5, 5.41) is 8.57. The van der Waals surface area contributed by atoms with Gasteiger partial charge in [-0.25, -0.2) is 0 Å². The quantitative estimate of drug-likeness (QED) is 0.815. The first-order valence-corrected chi connectivity index (χ1v) is 6.87. The van der Waals surface area contributed by atoms with E-state index in [1.165, 1.54) is 4.90 Å². The highest BCUT2D eigenvalue weighted by Gasteiger charge is 2.36. The van der Waals surface area contributed by atoms with Crippen LogP contribution in [0.4, 0.5) is 0 Å². The second-order valence-electron chi connectivity index (χ2n) is 6.41. The molecular formula is C14H24N2O4. The number of carbonyl (C=O) groups is 3. The van der Waals surface area contributed by atoms with Crippen molar-refractivity contribution in [3.05, 3.63) is 0 Å². The number of rotatable bonds is 5. The summed E-state index contributed by atoms with van der Waals surface area (Å²) >= 11 is 0. The zero-order chi connectivity index (χ0) is 15.5. The number of amides is 2. The minimum absolute atomic E-state index is 0.00941. The summed E-state index contributed by atoms with van der Waals surface area (Å²) in [6.07, 6.45) is 0.310. The van der Waals surface area contributed by atoms with Crippen LogP contribution in [0.5, 0.6) is 0 Å². The van der Waals surface area contributed by atoms with Crippen LogP contribution in [0.2, 0.25) is 0 Å². The van der Waals surface area contributed by atoms with Gasteiger partial charge in [0, 0.05) is 44.4 Å². The van der Waals surface area contributed by atoms with Crippen molar-refractivity contribution in [2.45, 2.75) is 45.6 Å². The Balaban J connectivity index is 2.48. The van der Waals surface area contributed by atoms with Gasteiger partial charge in [-0.2, -0.15) is 0 Å². The second kappa shape index (κ2) is 6.24. The molecule has 0 saturated carbocycles. The van der Waals surface area contributed by atoms with Crippen LogP contribution in [0, 0.1) is 5.92 Å². The predicted octanol–water partition coefficient (Wildman–Crippen LogP) is 0.957. The first kappa shape index (κ1) is 16.5. The molecule has 6 heteroatoms. The molecule has 1 aliphatic rings. The SMILES string of the molecule is CN(CC1CC(=O)N(C(C)(C)C)C1)C(=O)CCC(=O)O. The van der Waals surface area contributed by atoms with Crippen LogP contribution in [0.15, 0.2) is 0 Å². The Kier molecular flexibility index (Phi) is 5.14. The molecule has 1 unspecified atom stereocenters. The van der Waals surface area contributed by atoms with Crippen molar-refractivity contribution >= 4 is 17.8 Å². The van der Waals surface area contributed by atoms with Gasteiger partial charge in [0.2, 0.25) is 11.8 Å². The summed E-state index contributed by atoms with van der Waals surface area (Å²) < 4.78 is 0. The standard InChI is InChI=1S/C14H24N2O4/c1-14(2,3)16-9-10(7-12(16)18)8-15(4)11(17)5-6-13(19)20/h10H,5-9H2,1-4H3,(H,19,20). The maximum Gasteiger partial charge on any atom is 0.303 e. The largest absolute Gasteiger partial charge is 0.481 e. The lowest BCUT2D eigenvalue weighted by Gasteiger charge is -2.32. The Morgan fingerprint density at radius 1 is 1.35 bits per heavy atom. The van der Waals surface area contributed by atoms with Gasteiger partial charge in [0.15, 0.2) is 0 Å². The molecule has 1 aliphatic heterocycles. The molecule has 114 valence electrons. The number of carboxylic acids is 1. The van der Waals surface area contributed by atoms with E-state index in [0.717, 1.165) is 0 Å². The summed E-state index contributed by atoms with van der Waals surface area (Å²) in [6.45, 7) is 7.13. The summed E-state index contributed by atoms with van der Waals surface area (Å²) in [6, 6.07) is 0. The summed E-state index contributed by atoms with van der Waals surface area (Å²) in [5.41, 5.74) is -0.197. The van der Waals surface area contributed by atoms with E-state index in [0.29, 0.717) is 19.5 Å². The first-order chi connectivity index (χ1) is 9.11. The zero-order valence-corrected chi connectivity index (χ0v) is 12.7. The summed E-state index contributed by atoms with van der Waals surface area (Å²) in [4.78, 5) is 37.5. The smallest absolute Gasteiger partial charge is 0.303 e. The van der Waals surface area contributed by atoms with Crippen LogP contribution in [-0.4, -0.2) is 58.4 Å². The van der Waals surface area contributed by atoms with Gasteiger partial charge in [0.25, 0.3) is 0 Å². The minimum atomic E-state index is -0.971. The van der Waals surface area contributed by atoms with E-state index >= 15 is 0 Å². The second-order valence-corrected chi connectivity index (χ2v) is 6.41. The molecule has 1 heterocycles. The zero-order valence-electron chi connectivity index (χ0n) is 12.7. The number of likely N-dealkylation sites (tertiary alicyclic amines) is 1. The lowest BCUT2D eigenvalue weighted by molar-refractivity contribution is -0.140. The maximum absolute atomic E-state index is 11.9. The maximum atomic E-state index is 11.9. The third kappa shape index (κ3) is 4.51. The third-order valence-electron chi connectivity index (χ3n) is 3.53. The fourth-order valence-electron chi connectivity index (χ4n) is 2.45. The Labute approximate surface area is 119 Å². The fraction of sp³-hybridized carbons (Fsp3) is 0.786. The van der Waals surface area contributed by atoms with E-state index < -0.39 is 5.97 Å². The molecule has 20 heavy (non-hydrogen) atoms. The molecule has 0 spiro atoms. The molecule has 0 aromatic heterocycles. The van der Waals surface area contributed by atoms with Gasteiger partial charge in [-0.1, -0.05) is 0 Å². The number of hydrogen-bond acceptors (Lipinski definition) is 3. The van der Waals surface area contributed by atoms with Gasteiger partial charge in [-0.3, -0.25) is 14.4 Å². The van der Waals surface area contributed by atoms with E-state index in [1.807, 2.05) is 25.7 Å². The summed E-state index contributed by atoms with van der Waals surface area (Å²) in [5.74, 6) is -0.912. The highest BCUT2D eigenvalue weighted by atomic mass is 16.4. The lowest BCUT2D eigenvalue weighted by Crippen LogP contribution is -2.43. The van der Waals surface area contributed by atoms with Crippen LogP contribution < -0.4 is 0 Å². The van der Waals surface area contributed by atoms with Gasteiger partial charge >= 0.3 is 5.97 Å². The van der Waals surface area contributed by atoms with Crippen LogP contribution in [0.1, 0.15) is 40.0 Å². The van der Waals surface area contributed by atoms with Crippen molar-refractivity contribution in [3.63, 3.8) is 0 Å². The van der Waals surface area contributed by atoms with Crippen molar-refractivity contribution in [2.24, 2.45) is 5.92 Å². The molecule has 1 N–H and O–H groups in total. The molecule has 0 radical (unpaired) electrons. The Morgan fingerprint density at radius 3 is 2.40 bits per heavy atom. The molecule has 0 aliphatic carbocycles. The molecule has 2 amide bonds. The number of nitrogens with zero attached hydrogens (tertiary/aromatic N) is 2. The molecule has 6 nitrogen and oxygen atoms in total. The molecule has 0 aromatic rings. The van der Waals surface area contributed by atoms with Crippen molar-refractivity contribution < 1.29 is 19.5 Å². The van der Waals surface area contributed by atoms with Crippen molar-refractivity contribution in [1.82, 2.24) is 9.80 Å². The molecule has 0 aromatic carbocycles. The topological polar surface area (TPSA) is 77.9 Å². The number of aliphatic carboxylic acids is 1. The molecule has 1 atom stereocenters. The van der Waals surface area contributed by atoms with E-state index in [4.69, 9.17) is 5.11 Å². The minimum Gasteiger partial charge on any atom is -0.481 e. The van der Waals surface area contributed by atoms with E-state index in [-0.39, 0.29) is 36.1 Å². The van der Waals surface area contributed by atoms with Crippen molar-refractivity contribution in [1.29, 1.82) is 0 Å². The van der Waals surface area contributed by atoms with Crippen molar-refractivity contribution in [2.75, 3.05) is 20.1 Å². The van der Waals surface area contributed by atoms with Crippen LogP contribution >= 0.6 is 0 Å². The molecule has 0 bridgehead atoms. The Hall–Kier alpha value is -1.59. The number of carbonyl (C=O) groups excluding carboxylic acids is 2. The fourth-order valence-corrected chi connectivity index (χ4v) is 2.45. The molecule has 1 fully saturated rings. The normalized spacial score (nSPS) is 19.3. The van der Waals surface area contributed by atoms with Gasteiger partial charge in [0.05, 0.1) is 6.42 Å². The van der Waals surface area contributed by atoms with Crippen LogP contribution in [-0.2, 0) is 14.4 Å². The van der Waals surface area contributed by atoms with Gasteiger partial charge in [-0.15, -0.1) is 0 Å². The predicted molar refractivity (Wildman–Crippen MR) is 74.1 cm³/mol. The molecule has 1 saturated heterocycles. The average molecular weight is 284 g/mol. The average Bonchev–Trinajstić information content (AvgIpc) is 2.66. The van der Waals surface area contributed by atoms with Gasteiger partial charge in [0.1, 0.15) is 0 Å². The third-order valence-corrected chi connectivity index (χ3v) is 3.53. The summed E-state index contributed by atoms with van der Waals surface area (Å²) in [7, 11) is 1.66. The van der Waals surface area contributed by atoms with Crippen LogP contribution in [0.25, 0.3) is 0 Å². The number of hydrogen-bond donors (Lipinski definition) is 1. The number of carboxylic acid groups (broad SMARTS) is 1. The van der Waals surface area contributed by atoms with E-state index in [1.54, 1.807) is 7.05 Å². The lowest BCUT2D eigenvalue weighted by atomic mass is 10.1. The Morgan fingerprint density at radius 2 is 1.95 bits per heavy atom. The van der Waals surface area contributed by atoms with Crippen molar-refractivity contribution in [3.8, 4) is 0 Å². The Bertz CT molecular complexity index is 400. The van der Waals surface area contributed by atoms with E-state index in [2.05, 4.69) is 0 Å². The highest BCUT2D eigenvalue weighted by Crippen LogP contribution is 2.26. The highest BCUT2D eigenvalue weighted by molar-refractivity contribution is 5.81. The molecular weight excluding hydrogens is 260 g/mol. The van der Waals surface area contributed by atoms with Gasteiger partial charge < -0.3 is 14.9 Å².